The minimum absolute atomic E-state index is 0.179. The Morgan fingerprint density at radius 2 is 1.85 bits per heavy atom. The van der Waals surface area contributed by atoms with Gasteiger partial charge in [-0.05, 0) is 42.2 Å². The molecule has 2 aromatic rings. The van der Waals surface area contributed by atoms with Crippen LogP contribution in [0, 0.1) is 5.82 Å². The van der Waals surface area contributed by atoms with E-state index in [4.69, 9.17) is 22.1 Å². The van der Waals surface area contributed by atoms with Gasteiger partial charge in [-0.2, -0.15) is 0 Å². The minimum atomic E-state index is -0.312. The highest BCUT2D eigenvalue weighted by Crippen LogP contribution is 2.21. The fourth-order valence-corrected chi connectivity index (χ4v) is 2.35. The number of hydrogen-bond acceptors (Lipinski definition) is 2. The molecule has 2 aromatic carbocycles. The molecule has 2 N–H and O–H groups in total. The van der Waals surface area contributed by atoms with E-state index in [1.165, 1.54) is 6.07 Å². The summed E-state index contributed by atoms with van der Waals surface area (Å²) >= 11 is 5.74. The lowest BCUT2D eigenvalue weighted by atomic mass is 9.99. The van der Waals surface area contributed by atoms with Gasteiger partial charge in [0.25, 0.3) is 0 Å². The second-order valence-electron chi connectivity index (χ2n) is 4.72. The van der Waals surface area contributed by atoms with Crippen LogP contribution in [0.5, 0.6) is 5.75 Å². The molecule has 0 saturated carbocycles. The SMILES string of the molecule is COc1ccccc1CC(N)Cc1ccc(Cl)cc1F. The van der Waals surface area contributed by atoms with Gasteiger partial charge < -0.3 is 10.5 Å². The van der Waals surface area contributed by atoms with Crippen LogP contribution in [0.25, 0.3) is 0 Å². The number of para-hydroxylation sites is 1. The zero-order chi connectivity index (χ0) is 14.5. The first-order valence-electron chi connectivity index (χ1n) is 6.41. The third-order valence-electron chi connectivity index (χ3n) is 3.17. The highest BCUT2D eigenvalue weighted by Gasteiger charge is 2.12. The second-order valence-corrected chi connectivity index (χ2v) is 5.15. The molecule has 4 heteroatoms. The largest absolute Gasteiger partial charge is 0.496 e. The van der Waals surface area contributed by atoms with Crippen LogP contribution in [0.2, 0.25) is 5.02 Å². The molecule has 1 atom stereocenters. The van der Waals surface area contributed by atoms with Crippen LogP contribution in [-0.4, -0.2) is 13.2 Å². The van der Waals surface area contributed by atoms with E-state index in [0.717, 1.165) is 11.3 Å². The maximum atomic E-state index is 13.7. The van der Waals surface area contributed by atoms with Crippen LogP contribution in [0.15, 0.2) is 42.5 Å². The van der Waals surface area contributed by atoms with Crippen LogP contribution in [0.4, 0.5) is 4.39 Å². The molecule has 0 aliphatic carbocycles. The van der Waals surface area contributed by atoms with E-state index >= 15 is 0 Å². The average molecular weight is 294 g/mol. The Bertz CT molecular complexity index is 588. The van der Waals surface area contributed by atoms with Gasteiger partial charge in [0.1, 0.15) is 11.6 Å². The van der Waals surface area contributed by atoms with E-state index < -0.39 is 0 Å². The van der Waals surface area contributed by atoms with Crippen molar-refractivity contribution < 1.29 is 9.13 Å². The van der Waals surface area contributed by atoms with Crippen LogP contribution >= 0.6 is 11.6 Å². The molecule has 1 unspecified atom stereocenters. The van der Waals surface area contributed by atoms with Crippen molar-refractivity contribution >= 4 is 11.6 Å². The van der Waals surface area contributed by atoms with Crippen molar-refractivity contribution in [2.75, 3.05) is 7.11 Å². The maximum absolute atomic E-state index is 13.7. The van der Waals surface area contributed by atoms with Crippen molar-refractivity contribution in [1.29, 1.82) is 0 Å². The molecule has 2 nitrogen and oxygen atoms in total. The lowest BCUT2D eigenvalue weighted by Crippen LogP contribution is -2.26. The van der Waals surface area contributed by atoms with E-state index in [9.17, 15) is 4.39 Å². The topological polar surface area (TPSA) is 35.2 Å². The summed E-state index contributed by atoms with van der Waals surface area (Å²) in [5.74, 6) is 0.493. The van der Waals surface area contributed by atoms with Crippen molar-refractivity contribution in [2.24, 2.45) is 5.73 Å². The lowest BCUT2D eigenvalue weighted by Gasteiger charge is -2.14. The molecule has 0 radical (unpaired) electrons. The van der Waals surface area contributed by atoms with Crippen molar-refractivity contribution in [3.8, 4) is 5.75 Å². The normalized spacial score (nSPS) is 12.2. The number of halogens is 2. The molecule has 0 aliphatic rings. The zero-order valence-corrected chi connectivity index (χ0v) is 12.0. The summed E-state index contributed by atoms with van der Waals surface area (Å²) in [5, 5.41) is 0.393. The van der Waals surface area contributed by atoms with Crippen molar-refractivity contribution in [1.82, 2.24) is 0 Å². The highest BCUT2D eigenvalue weighted by atomic mass is 35.5. The first kappa shape index (κ1) is 14.8. The van der Waals surface area contributed by atoms with E-state index in [-0.39, 0.29) is 11.9 Å². The summed E-state index contributed by atoms with van der Waals surface area (Å²) in [6.45, 7) is 0. The molecular weight excluding hydrogens is 277 g/mol. The Labute approximate surface area is 123 Å². The summed E-state index contributed by atoms with van der Waals surface area (Å²) < 4.78 is 19.0. The summed E-state index contributed by atoms with van der Waals surface area (Å²) in [4.78, 5) is 0. The highest BCUT2D eigenvalue weighted by molar-refractivity contribution is 6.30. The summed E-state index contributed by atoms with van der Waals surface area (Å²) in [6, 6.07) is 12.2. The number of ether oxygens (including phenoxy) is 1. The molecule has 0 amide bonds. The first-order valence-corrected chi connectivity index (χ1v) is 6.79. The Hall–Kier alpha value is -1.58. The van der Waals surface area contributed by atoms with Gasteiger partial charge in [-0.3, -0.25) is 0 Å². The Morgan fingerprint density at radius 3 is 2.55 bits per heavy atom. The minimum Gasteiger partial charge on any atom is -0.496 e. The molecule has 0 aliphatic heterocycles. The van der Waals surface area contributed by atoms with Gasteiger partial charge in [0.15, 0.2) is 0 Å². The maximum Gasteiger partial charge on any atom is 0.127 e. The number of nitrogens with two attached hydrogens (primary N) is 1. The van der Waals surface area contributed by atoms with E-state index in [1.54, 1.807) is 19.2 Å². The molecule has 0 bridgehead atoms. The van der Waals surface area contributed by atoms with Crippen molar-refractivity contribution in [2.45, 2.75) is 18.9 Å². The van der Waals surface area contributed by atoms with Gasteiger partial charge in [0.05, 0.1) is 7.11 Å². The number of rotatable bonds is 5. The summed E-state index contributed by atoms with van der Waals surface area (Å²) in [7, 11) is 1.63. The standard InChI is InChI=1S/C16H17ClFNO/c1-20-16-5-3-2-4-12(16)9-14(19)8-11-6-7-13(17)10-15(11)18/h2-7,10,14H,8-9,19H2,1H3. The molecule has 0 spiro atoms. The summed E-state index contributed by atoms with van der Waals surface area (Å²) in [5.41, 5.74) is 7.72. The third kappa shape index (κ3) is 3.71. The molecule has 20 heavy (non-hydrogen) atoms. The number of hydrogen-bond donors (Lipinski definition) is 1. The fourth-order valence-electron chi connectivity index (χ4n) is 2.20. The molecule has 0 aromatic heterocycles. The van der Waals surface area contributed by atoms with Crippen LogP contribution in [0.1, 0.15) is 11.1 Å². The summed E-state index contributed by atoms with van der Waals surface area (Å²) in [6.07, 6.45) is 1.09. The van der Waals surface area contributed by atoms with Gasteiger partial charge >= 0.3 is 0 Å². The molecule has 0 saturated heterocycles. The van der Waals surface area contributed by atoms with Crippen molar-refractivity contribution in [3.05, 3.63) is 64.4 Å². The van der Waals surface area contributed by atoms with Crippen molar-refractivity contribution in [3.63, 3.8) is 0 Å². The van der Waals surface area contributed by atoms with E-state index in [0.29, 0.717) is 23.4 Å². The second kappa shape index (κ2) is 6.73. The van der Waals surface area contributed by atoms with Crippen LogP contribution in [-0.2, 0) is 12.8 Å². The Morgan fingerprint density at radius 1 is 1.15 bits per heavy atom. The van der Waals surface area contributed by atoms with E-state index in [1.807, 2.05) is 24.3 Å². The quantitative estimate of drug-likeness (QED) is 0.914. The van der Waals surface area contributed by atoms with Gasteiger partial charge in [0, 0.05) is 11.1 Å². The smallest absolute Gasteiger partial charge is 0.127 e. The third-order valence-corrected chi connectivity index (χ3v) is 3.41. The molecule has 0 heterocycles. The average Bonchev–Trinajstić information content (AvgIpc) is 2.42. The van der Waals surface area contributed by atoms with Gasteiger partial charge in [-0.25, -0.2) is 4.39 Å². The molecular formula is C16H17ClFNO. The molecule has 2 rings (SSSR count). The fraction of sp³-hybridized carbons (Fsp3) is 0.250. The monoisotopic (exact) mass is 293 g/mol. The van der Waals surface area contributed by atoms with Gasteiger partial charge in [0.2, 0.25) is 0 Å². The van der Waals surface area contributed by atoms with Gasteiger partial charge in [-0.1, -0.05) is 35.9 Å². The predicted octanol–water partition coefficient (Wildman–Crippen LogP) is 3.60. The predicted molar refractivity (Wildman–Crippen MR) is 79.8 cm³/mol. The lowest BCUT2D eigenvalue weighted by molar-refractivity contribution is 0.407. The van der Waals surface area contributed by atoms with Crippen LogP contribution < -0.4 is 10.5 Å². The number of methoxy groups -OCH3 is 1. The van der Waals surface area contributed by atoms with Gasteiger partial charge in [-0.15, -0.1) is 0 Å². The Balaban J connectivity index is 2.07. The first-order chi connectivity index (χ1) is 9.60. The van der Waals surface area contributed by atoms with Crippen LogP contribution in [0.3, 0.4) is 0 Å². The molecule has 0 fully saturated rings. The number of benzene rings is 2. The molecule has 106 valence electrons. The Kier molecular flexibility index (Phi) is 4.99. The van der Waals surface area contributed by atoms with E-state index in [2.05, 4.69) is 0 Å². The zero-order valence-electron chi connectivity index (χ0n) is 11.3.